The number of thiophene rings is 1. The molecule has 3 nitrogen and oxygen atoms in total. The van der Waals surface area contributed by atoms with Gasteiger partial charge in [-0.1, -0.05) is 36.4 Å². The van der Waals surface area contributed by atoms with Gasteiger partial charge in [0.25, 0.3) is 5.91 Å². The van der Waals surface area contributed by atoms with Crippen LogP contribution in [0.2, 0.25) is 0 Å². The van der Waals surface area contributed by atoms with Crippen molar-refractivity contribution in [3.63, 3.8) is 0 Å². The summed E-state index contributed by atoms with van der Waals surface area (Å²) in [7, 11) is 0. The number of nitrogens with zero attached hydrogens (tertiary/aromatic N) is 1. The van der Waals surface area contributed by atoms with Gasteiger partial charge in [-0.2, -0.15) is 0 Å². The van der Waals surface area contributed by atoms with Gasteiger partial charge in [-0.15, -0.1) is 11.3 Å². The predicted molar refractivity (Wildman–Crippen MR) is 66.8 cm³/mol. The fraction of sp³-hybridized carbons (Fsp3) is 0.154. The smallest absolute Gasteiger partial charge is 0.251 e. The third kappa shape index (κ3) is 3.41. The molecule has 17 heavy (non-hydrogen) atoms. The molecule has 88 valence electrons. The third-order valence-corrected chi connectivity index (χ3v) is 3.25. The zero-order valence-corrected chi connectivity index (χ0v) is 10.1. The maximum Gasteiger partial charge on any atom is 0.251 e. The molecule has 2 aromatic rings. The van der Waals surface area contributed by atoms with Gasteiger partial charge in [0.15, 0.2) is 0 Å². The van der Waals surface area contributed by atoms with E-state index in [1.54, 1.807) is 0 Å². The van der Waals surface area contributed by atoms with Crippen LogP contribution in [0.4, 0.5) is 0 Å². The summed E-state index contributed by atoms with van der Waals surface area (Å²) < 4.78 is 0. The van der Waals surface area contributed by atoms with Gasteiger partial charge >= 0.3 is 0 Å². The molecule has 0 spiro atoms. The minimum absolute atomic E-state index is 0.227. The first-order valence-corrected chi connectivity index (χ1v) is 6.19. The number of rotatable bonds is 4. The first-order chi connectivity index (χ1) is 8.25. The second kappa shape index (κ2) is 5.61. The number of amides is 1. The highest BCUT2D eigenvalue weighted by atomic mass is 32.1. The summed E-state index contributed by atoms with van der Waals surface area (Å²) in [6, 6.07) is 13.2. The summed E-state index contributed by atoms with van der Waals surface area (Å²) in [6.07, 6.45) is 0.251. The van der Waals surface area contributed by atoms with Crippen LogP contribution in [0.1, 0.15) is 10.4 Å². The highest BCUT2D eigenvalue weighted by Gasteiger charge is 2.12. The topological polar surface area (TPSA) is 40.5 Å². The highest BCUT2D eigenvalue weighted by Crippen LogP contribution is 2.11. The van der Waals surface area contributed by atoms with Gasteiger partial charge in [0.1, 0.15) is 0 Å². The zero-order valence-electron chi connectivity index (χ0n) is 9.24. The van der Waals surface area contributed by atoms with Crippen LogP contribution in [0.3, 0.4) is 0 Å². The average molecular weight is 247 g/mol. The lowest BCUT2D eigenvalue weighted by Crippen LogP contribution is -2.28. The first kappa shape index (κ1) is 11.8. The number of carbonyl (C=O) groups is 1. The Balaban J connectivity index is 1.92. The van der Waals surface area contributed by atoms with Crippen molar-refractivity contribution in [3.05, 3.63) is 58.3 Å². The van der Waals surface area contributed by atoms with Gasteiger partial charge in [0.05, 0.1) is 13.0 Å². The van der Waals surface area contributed by atoms with Crippen molar-refractivity contribution in [3.8, 4) is 0 Å². The van der Waals surface area contributed by atoms with E-state index in [-0.39, 0.29) is 18.9 Å². The quantitative estimate of drug-likeness (QED) is 0.666. The molecule has 0 aliphatic rings. The molecule has 1 heterocycles. The number of hydrogen-bond acceptors (Lipinski definition) is 3. The van der Waals surface area contributed by atoms with Crippen molar-refractivity contribution in [1.29, 1.82) is 0 Å². The zero-order chi connectivity index (χ0) is 12.1. The Kier molecular flexibility index (Phi) is 3.90. The van der Waals surface area contributed by atoms with Crippen molar-refractivity contribution in [2.45, 2.75) is 13.0 Å². The van der Waals surface area contributed by atoms with Crippen molar-refractivity contribution in [2.24, 2.45) is 0 Å². The fourth-order valence-corrected chi connectivity index (χ4v) is 2.19. The molecular weight excluding hydrogens is 234 g/mol. The second-order valence-electron chi connectivity index (χ2n) is 3.69. The maximum absolute atomic E-state index is 11.7. The van der Waals surface area contributed by atoms with Crippen LogP contribution in [0, 0.1) is 0 Å². The minimum atomic E-state index is -0.281. The van der Waals surface area contributed by atoms with Gasteiger partial charge in [-0.05, 0) is 17.0 Å². The van der Waals surface area contributed by atoms with Crippen LogP contribution in [0.5, 0.6) is 0 Å². The Bertz CT molecular complexity index is 467. The Hall–Kier alpha value is -1.65. The normalized spacial score (nSPS) is 10.2. The number of hydroxylamine groups is 2. The van der Waals surface area contributed by atoms with Crippen LogP contribution in [0.15, 0.2) is 47.8 Å². The van der Waals surface area contributed by atoms with Crippen LogP contribution in [-0.4, -0.2) is 16.2 Å². The van der Waals surface area contributed by atoms with Crippen molar-refractivity contribution < 1.29 is 10.0 Å². The molecule has 0 fully saturated rings. The molecule has 0 atom stereocenters. The summed E-state index contributed by atoms with van der Waals surface area (Å²) in [5, 5.41) is 12.3. The summed E-state index contributed by atoms with van der Waals surface area (Å²) in [5.74, 6) is -0.281. The maximum atomic E-state index is 11.7. The highest BCUT2D eigenvalue weighted by molar-refractivity contribution is 7.10. The molecule has 1 aromatic heterocycles. The van der Waals surface area contributed by atoms with E-state index in [0.717, 1.165) is 15.5 Å². The average Bonchev–Trinajstić information content (AvgIpc) is 2.83. The molecule has 1 aromatic carbocycles. The van der Waals surface area contributed by atoms with E-state index in [2.05, 4.69) is 0 Å². The lowest BCUT2D eigenvalue weighted by atomic mass is 10.2. The lowest BCUT2D eigenvalue weighted by Gasteiger charge is -2.14. The summed E-state index contributed by atoms with van der Waals surface area (Å²) in [4.78, 5) is 12.7. The molecule has 0 saturated carbocycles. The predicted octanol–water partition coefficient (Wildman–Crippen LogP) is 2.71. The lowest BCUT2D eigenvalue weighted by molar-refractivity contribution is -0.167. The number of carbonyl (C=O) groups excluding carboxylic acids is 1. The molecule has 1 amide bonds. The molecule has 0 unspecified atom stereocenters. The van der Waals surface area contributed by atoms with Crippen molar-refractivity contribution in [2.75, 3.05) is 0 Å². The van der Waals surface area contributed by atoms with Gasteiger partial charge in [0, 0.05) is 4.88 Å². The molecule has 1 N–H and O–H groups in total. The van der Waals surface area contributed by atoms with E-state index in [0.29, 0.717) is 0 Å². The monoisotopic (exact) mass is 247 g/mol. The summed E-state index contributed by atoms with van der Waals surface area (Å²) in [5.41, 5.74) is 0.912. The Morgan fingerprint density at radius 3 is 2.59 bits per heavy atom. The first-order valence-electron chi connectivity index (χ1n) is 5.31. The molecule has 4 heteroatoms. The van der Waals surface area contributed by atoms with E-state index in [9.17, 15) is 10.0 Å². The SMILES string of the molecule is O=C(Cc1cccs1)N(O)Cc1ccccc1. The molecule has 0 aliphatic carbocycles. The van der Waals surface area contributed by atoms with E-state index in [4.69, 9.17) is 0 Å². The van der Waals surface area contributed by atoms with Crippen LogP contribution < -0.4 is 0 Å². The Morgan fingerprint density at radius 1 is 1.18 bits per heavy atom. The van der Waals surface area contributed by atoms with Crippen LogP contribution >= 0.6 is 11.3 Å². The number of benzene rings is 1. The Morgan fingerprint density at radius 2 is 1.94 bits per heavy atom. The summed E-state index contributed by atoms with van der Waals surface area (Å²) >= 11 is 1.52. The largest absolute Gasteiger partial charge is 0.286 e. The molecule has 0 aliphatic heterocycles. The van der Waals surface area contributed by atoms with Crippen LogP contribution in [-0.2, 0) is 17.8 Å². The Labute approximate surface area is 104 Å². The van der Waals surface area contributed by atoms with Gasteiger partial charge in [0.2, 0.25) is 0 Å². The van der Waals surface area contributed by atoms with Gasteiger partial charge in [-0.3, -0.25) is 10.0 Å². The van der Waals surface area contributed by atoms with E-state index < -0.39 is 0 Å². The van der Waals surface area contributed by atoms with Crippen LogP contribution in [0.25, 0.3) is 0 Å². The molecular formula is C13H13NO2S. The molecule has 0 bridgehead atoms. The van der Waals surface area contributed by atoms with Gasteiger partial charge < -0.3 is 0 Å². The molecule has 2 rings (SSSR count). The molecule has 0 saturated heterocycles. The van der Waals surface area contributed by atoms with Crippen molar-refractivity contribution >= 4 is 17.2 Å². The summed E-state index contributed by atoms with van der Waals surface area (Å²) in [6.45, 7) is 0.227. The van der Waals surface area contributed by atoms with E-state index in [1.165, 1.54) is 11.3 Å². The minimum Gasteiger partial charge on any atom is -0.286 e. The van der Waals surface area contributed by atoms with E-state index >= 15 is 0 Å². The third-order valence-electron chi connectivity index (χ3n) is 2.37. The number of hydrogen-bond donors (Lipinski definition) is 1. The van der Waals surface area contributed by atoms with Gasteiger partial charge in [-0.25, -0.2) is 5.06 Å². The standard InChI is InChI=1S/C13H13NO2S/c15-13(9-12-7-4-8-17-12)14(16)10-11-5-2-1-3-6-11/h1-8,16H,9-10H2. The second-order valence-corrected chi connectivity index (χ2v) is 4.73. The van der Waals surface area contributed by atoms with E-state index in [1.807, 2.05) is 47.8 Å². The fourth-order valence-electron chi connectivity index (χ4n) is 1.50. The molecule has 0 radical (unpaired) electrons. The van der Waals surface area contributed by atoms with Crippen molar-refractivity contribution in [1.82, 2.24) is 5.06 Å².